The Morgan fingerprint density at radius 1 is 0.398 bits per heavy atom. The lowest BCUT2D eigenvalue weighted by molar-refractivity contribution is -0.870. The SMILES string of the molecule is CC/C=C\C/C=C\C/C=C\C/C=C\C/C=C\C/C=C\C/C=C\CCCCCCCCCCCCCCCCCCCCCC(=O)NC(COP(=O)(O)OCC[N+](C)(C)C)C(O)/C=C/CCCCCCCCCCCCCCCCCCCCCCCCC. The number of aliphatic hydroxyl groups is 1. The van der Waals surface area contributed by atoms with Gasteiger partial charge in [-0.25, -0.2) is 4.57 Å². The van der Waals surface area contributed by atoms with Gasteiger partial charge in [-0.2, -0.15) is 0 Å². The van der Waals surface area contributed by atoms with Gasteiger partial charge in [0.2, 0.25) is 5.91 Å². The number of carbonyl (C=O) groups is 1. The topological polar surface area (TPSA) is 105 Å². The molecule has 0 aliphatic carbocycles. The highest BCUT2D eigenvalue weighted by Crippen LogP contribution is 2.43. The summed E-state index contributed by atoms with van der Waals surface area (Å²) in [7, 11) is 1.58. The predicted octanol–water partition coefficient (Wildman–Crippen LogP) is 24.4. The van der Waals surface area contributed by atoms with Crippen LogP contribution < -0.4 is 5.32 Å². The number of allylic oxidation sites excluding steroid dienone is 15. The van der Waals surface area contributed by atoms with E-state index < -0.39 is 20.0 Å². The second kappa shape index (κ2) is 68.8. The van der Waals surface area contributed by atoms with Crippen LogP contribution in [0.1, 0.15) is 348 Å². The van der Waals surface area contributed by atoms with Crippen LogP contribution in [0, 0.1) is 0 Å². The summed E-state index contributed by atoms with van der Waals surface area (Å²) in [4.78, 5) is 23.5. The Morgan fingerprint density at radius 2 is 0.682 bits per heavy atom. The number of hydrogen-bond donors (Lipinski definition) is 3. The van der Waals surface area contributed by atoms with E-state index in [0.717, 1.165) is 83.5 Å². The molecule has 0 aromatic heterocycles. The first kappa shape index (κ1) is 85.4. The zero-order valence-corrected chi connectivity index (χ0v) is 59.6. The molecule has 0 saturated heterocycles. The molecule has 3 unspecified atom stereocenters. The molecular formula is C79H146N2O6P+. The first-order valence-corrected chi connectivity index (χ1v) is 39.1. The van der Waals surface area contributed by atoms with Gasteiger partial charge in [-0.3, -0.25) is 13.8 Å². The van der Waals surface area contributed by atoms with Crippen LogP contribution in [0.25, 0.3) is 0 Å². The maximum absolute atomic E-state index is 13.1. The number of unbranched alkanes of at least 4 members (excludes halogenated alkanes) is 42. The van der Waals surface area contributed by atoms with Gasteiger partial charge in [0.25, 0.3) is 0 Å². The molecule has 0 aliphatic heterocycles. The maximum Gasteiger partial charge on any atom is 0.472 e. The van der Waals surface area contributed by atoms with Crippen molar-refractivity contribution in [3.8, 4) is 0 Å². The Balaban J connectivity index is 3.99. The summed E-state index contributed by atoms with van der Waals surface area (Å²) in [6.45, 7) is 4.74. The molecule has 3 N–H and O–H groups in total. The third kappa shape index (κ3) is 70.9. The molecule has 0 aromatic rings. The van der Waals surface area contributed by atoms with Gasteiger partial charge in [0, 0.05) is 6.42 Å². The fourth-order valence-electron chi connectivity index (χ4n) is 11.0. The second-order valence-corrected chi connectivity index (χ2v) is 28.1. The summed E-state index contributed by atoms with van der Waals surface area (Å²) in [5.74, 6) is -0.173. The molecule has 0 bridgehead atoms. The average molecular weight is 1250 g/mol. The van der Waals surface area contributed by atoms with Gasteiger partial charge in [0.15, 0.2) is 0 Å². The van der Waals surface area contributed by atoms with E-state index in [9.17, 15) is 19.4 Å². The lowest BCUT2D eigenvalue weighted by Crippen LogP contribution is -2.45. The van der Waals surface area contributed by atoms with Crippen molar-refractivity contribution in [1.82, 2.24) is 5.32 Å². The Kier molecular flexibility index (Phi) is 66.8. The molecule has 0 spiro atoms. The van der Waals surface area contributed by atoms with Gasteiger partial charge < -0.3 is 19.8 Å². The summed E-state index contributed by atoms with van der Waals surface area (Å²) < 4.78 is 23.9. The number of carbonyl (C=O) groups excluding carboxylic acids is 1. The maximum atomic E-state index is 13.1. The number of likely N-dealkylation sites (N-methyl/N-ethyl adjacent to an activating group) is 1. The number of aliphatic hydroxyl groups excluding tert-OH is 1. The minimum atomic E-state index is -4.36. The summed E-state index contributed by atoms with van der Waals surface area (Å²) >= 11 is 0. The molecule has 0 heterocycles. The van der Waals surface area contributed by atoms with Crippen molar-refractivity contribution >= 4 is 13.7 Å². The molecule has 0 fully saturated rings. The minimum Gasteiger partial charge on any atom is -0.387 e. The van der Waals surface area contributed by atoms with Gasteiger partial charge in [0.05, 0.1) is 39.9 Å². The van der Waals surface area contributed by atoms with Crippen LogP contribution >= 0.6 is 7.82 Å². The van der Waals surface area contributed by atoms with E-state index in [4.69, 9.17) is 9.05 Å². The van der Waals surface area contributed by atoms with Crippen molar-refractivity contribution < 1.29 is 32.9 Å². The van der Waals surface area contributed by atoms with Crippen LogP contribution in [-0.4, -0.2) is 73.4 Å². The monoisotopic (exact) mass is 1250 g/mol. The van der Waals surface area contributed by atoms with E-state index in [0.29, 0.717) is 17.4 Å². The Hall–Kier alpha value is -2.58. The molecule has 9 heteroatoms. The highest BCUT2D eigenvalue weighted by Gasteiger charge is 2.28. The lowest BCUT2D eigenvalue weighted by Gasteiger charge is -2.25. The van der Waals surface area contributed by atoms with Crippen LogP contribution in [0.15, 0.2) is 97.2 Å². The standard InChI is InChI=1S/C79H145N2O6P/c1-6-8-10-12-14-16-18-20-22-24-26-28-30-32-33-34-35-36-37-38-39-40-41-42-43-44-45-46-47-49-51-53-55-57-59-61-63-65-67-69-71-73-79(83)80-77(76-87-88(84,85)86-75-74-81(3,4)5)78(82)72-70-68-66-64-62-60-58-56-54-52-50-48-31-29-27-25-23-21-19-17-15-13-11-9-7-2/h8,10,14,16,20,22,26,28,32-33,35-36,38-39,70,72,77-78,82H,6-7,9,11-13,15,17-19,21,23-25,27,29-31,34,37,40-69,71,73-76H2,1-5H3,(H-,80,83,84,85)/p+1/b10-8-,16-14-,22-20-,28-26-,33-32-,36-35-,39-38-,72-70+. The number of nitrogens with zero attached hydrogens (tertiary/aromatic N) is 1. The summed E-state index contributed by atoms with van der Waals surface area (Å²) in [5.41, 5.74) is 0. The number of amides is 1. The molecule has 8 nitrogen and oxygen atoms in total. The van der Waals surface area contributed by atoms with Gasteiger partial charge in [-0.05, 0) is 77.0 Å². The van der Waals surface area contributed by atoms with E-state index in [1.54, 1.807) is 6.08 Å². The quantitative estimate of drug-likeness (QED) is 0.0243. The second-order valence-electron chi connectivity index (χ2n) is 26.6. The van der Waals surface area contributed by atoms with E-state index in [2.05, 4.69) is 104 Å². The molecule has 0 aromatic carbocycles. The molecular weight excluding hydrogens is 1100 g/mol. The van der Waals surface area contributed by atoms with Crippen molar-refractivity contribution in [2.24, 2.45) is 0 Å². The Labute approximate surface area is 547 Å². The Morgan fingerprint density at radius 3 is 1.00 bits per heavy atom. The molecule has 1 amide bonds. The van der Waals surface area contributed by atoms with Gasteiger partial charge in [-0.15, -0.1) is 0 Å². The zero-order valence-electron chi connectivity index (χ0n) is 58.7. The van der Waals surface area contributed by atoms with Crippen LogP contribution in [0.2, 0.25) is 0 Å². The van der Waals surface area contributed by atoms with Crippen molar-refractivity contribution in [2.75, 3.05) is 40.9 Å². The number of quaternary nitrogens is 1. The fourth-order valence-corrected chi connectivity index (χ4v) is 11.8. The highest BCUT2D eigenvalue weighted by molar-refractivity contribution is 7.47. The van der Waals surface area contributed by atoms with E-state index >= 15 is 0 Å². The number of hydrogen-bond acceptors (Lipinski definition) is 5. The van der Waals surface area contributed by atoms with Crippen LogP contribution in [-0.2, 0) is 18.4 Å². The minimum absolute atomic E-state index is 0.0608. The fraction of sp³-hybridized carbons (Fsp3) is 0.785. The average Bonchev–Trinajstić information content (AvgIpc) is 3.71. The van der Waals surface area contributed by atoms with Crippen molar-refractivity contribution in [2.45, 2.75) is 360 Å². The van der Waals surface area contributed by atoms with Gasteiger partial charge in [0.1, 0.15) is 13.2 Å². The summed E-state index contributed by atoms with van der Waals surface area (Å²) in [6.07, 6.45) is 100.0. The third-order valence-corrected chi connectivity index (χ3v) is 17.8. The summed E-state index contributed by atoms with van der Waals surface area (Å²) in [6, 6.07) is -0.851. The largest absolute Gasteiger partial charge is 0.472 e. The summed E-state index contributed by atoms with van der Waals surface area (Å²) in [5, 5.41) is 14.0. The van der Waals surface area contributed by atoms with E-state index in [1.165, 1.54) is 244 Å². The van der Waals surface area contributed by atoms with Crippen molar-refractivity contribution in [3.63, 3.8) is 0 Å². The zero-order chi connectivity index (χ0) is 64.1. The van der Waals surface area contributed by atoms with Gasteiger partial charge >= 0.3 is 7.82 Å². The van der Waals surface area contributed by atoms with Gasteiger partial charge in [-0.1, -0.05) is 361 Å². The predicted molar refractivity (Wildman–Crippen MR) is 387 cm³/mol. The smallest absolute Gasteiger partial charge is 0.387 e. The molecule has 0 saturated carbocycles. The van der Waals surface area contributed by atoms with E-state index in [-0.39, 0.29) is 19.1 Å². The first-order valence-electron chi connectivity index (χ1n) is 37.6. The number of nitrogens with one attached hydrogen (secondary N) is 1. The molecule has 0 rings (SSSR count). The van der Waals surface area contributed by atoms with E-state index in [1.807, 2.05) is 27.2 Å². The van der Waals surface area contributed by atoms with Crippen LogP contribution in [0.4, 0.5) is 0 Å². The number of rotatable bonds is 69. The van der Waals surface area contributed by atoms with Crippen LogP contribution in [0.5, 0.6) is 0 Å². The number of phosphoric acid groups is 1. The molecule has 0 aliphatic rings. The third-order valence-electron chi connectivity index (χ3n) is 16.8. The van der Waals surface area contributed by atoms with Crippen molar-refractivity contribution in [1.29, 1.82) is 0 Å². The molecule has 512 valence electrons. The number of phosphoric ester groups is 1. The normalized spacial score (nSPS) is 14.1. The van der Waals surface area contributed by atoms with Crippen LogP contribution in [0.3, 0.4) is 0 Å². The Bertz CT molecular complexity index is 1760. The molecule has 88 heavy (non-hydrogen) atoms. The molecule has 3 atom stereocenters. The van der Waals surface area contributed by atoms with Crippen molar-refractivity contribution in [3.05, 3.63) is 97.2 Å². The first-order chi connectivity index (χ1) is 43.0. The highest BCUT2D eigenvalue weighted by atomic mass is 31.2. The molecule has 0 radical (unpaired) electrons. The lowest BCUT2D eigenvalue weighted by atomic mass is 10.0.